The number of pyridine rings is 1. The molecule has 0 saturated carbocycles. The molecule has 0 radical (unpaired) electrons. The molecule has 2 aromatic heterocycles. The van der Waals surface area contributed by atoms with E-state index in [1.807, 2.05) is 32.0 Å². The second-order valence-corrected chi connectivity index (χ2v) is 5.36. The Morgan fingerprint density at radius 2 is 2.10 bits per heavy atom. The Kier molecular flexibility index (Phi) is 3.70. The Hall–Kier alpha value is -2.21. The van der Waals surface area contributed by atoms with Gasteiger partial charge in [-0.1, -0.05) is 12.1 Å². The number of rotatable bonds is 4. The summed E-state index contributed by atoms with van der Waals surface area (Å²) in [6.07, 6.45) is 0. The van der Waals surface area contributed by atoms with Crippen molar-refractivity contribution in [3.63, 3.8) is 0 Å². The van der Waals surface area contributed by atoms with Gasteiger partial charge >= 0.3 is 0 Å². The molecule has 1 aromatic carbocycles. The molecule has 3 rings (SSSR count). The molecule has 0 bridgehead atoms. The van der Waals surface area contributed by atoms with Crippen LogP contribution in [0.4, 0.5) is 5.69 Å². The molecular weight excluding hydrogens is 284 g/mol. The lowest BCUT2D eigenvalue weighted by Gasteiger charge is -2.14. The number of fused-ring (bicyclic) bond motifs is 1. The third-order valence-electron chi connectivity index (χ3n) is 3.34. The van der Waals surface area contributed by atoms with Crippen LogP contribution >= 0.6 is 11.7 Å². The largest absolute Gasteiger partial charge is 0.494 e. The number of nitrogens with zero attached hydrogens (tertiary/aromatic N) is 3. The van der Waals surface area contributed by atoms with E-state index in [9.17, 15) is 0 Å². The van der Waals surface area contributed by atoms with Gasteiger partial charge in [-0.05, 0) is 19.9 Å². The van der Waals surface area contributed by atoms with Gasteiger partial charge in [-0.25, -0.2) is 0 Å². The van der Waals surface area contributed by atoms with Gasteiger partial charge in [-0.2, -0.15) is 8.75 Å². The number of aromatic nitrogens is 3. The summed E-state index contributed by atoms with van der Waals surface area (Å²) >= 11 is 1.24. The van der Waals surface area contributed by atoms with E-state index in [1.165, 1.54) is 11.7 Å². The van der Waals surface area contributed by atoms with Crippen LogP contribution in [0, 0.1) is 13.8 Å². The van der Waals surface area contributed by atoms with Gasteiger partial charge < -0.3 is 10.1 Å². The Bertz CT molecular complexity index is 784. The Labute approximate surface area is 127 Å². The van der Waals surface area contributed by atoms with Gasteiger partial charge in [-0.15, -0.1) is 0 Å². The highest BCUT2D eigenvalue weighted by molar-refractivity contribution is 7.00. The minimum atomic E-state index is 0.657. The molecule has 0 aliphatic heterocycles. The molecule has 0 unspecified atom stereocenters. The minimum absolute atomic E-state index is 0.657. The molecule has 6 heteroatoms. The monoisotopic (exact) mass is 300 g/mol. The zero-order valence-electron chi connectivity index (χ0n) is 12.2. The molecule has 5 nitrogen and oxygen atoms in total. The van der Waals surface area contributed by atoms with Crippen molar-refractivity contribution in [3.05, 3.63) is 41.2 Å². The number of benzene rings is 1. The maximum Gasteiger partial charge on any atom is 0.145 e. The first kappa shape index (κ1) is 13.8. The van der Waals surface area contributed by atoms with Crippen molar-refractivity contribution < 1.29 is 4.74 Å². The molecule has 0 atom stereocenters. The zero-order chi connectivity index (χ0) is 14.8. The van der Waals surface area contributed by atoms with E-state index >= 15 is 0 Å². The number of nitrogens with one attached hydrogen (secondary N) is 1. The number of anilines is 1. The fraction of sp³-hybridized carbons (Fsp3) is 0.267. The Morgan fingerprint density at radius 3 is 2.90 bits per heavy atom. The average Bonchev–Trinajstić information content (AvgIpc) is 2.94. The maximum absolute atomic E-state index is 5.44. The topological polar surface area (TPSA) is 59.9 Å². The first-order valence-corrected chi connectivity index (χ1v) is 7.38. The van der Waals surface area contributed by atoms with Crippen LogP contribution in [0.3, 0.4) is 0 Å². The van der Waals surface area contributed by atoms with Gasteiger partial charge in [0, 0.05) is 23.9 Å². The highest BCUT2D eigenvalue weighted by Gasteiger charge is 2.10. The molecule has 0 aliphatic rings. The van der Waals surface area contributed by atoms with Crippen LogP contribution in [0.1, 0.15) is 17.0 Å². The van der Waals surface area contributed by atoms with Crippen LogP contribution in [-0.2, 0) is 6.54 Å². The van der Waals surface area contributed by atoms with E-state index in [4.69, 9.17) is 4.74 Å². The lowest BCUT2D eigenvalue weighted by molar-refractivity contribution is 0.415. The van der Waals surface area contributed by atoms with Crippen molar-refractivity contribution in [2.45, 2.75) is 20.4 Å². The summed E-state index contributed by atoms with van der Waals surface area (Å²) < 4.78 is 14.1. The van der Waals surface area contributed by atoms with E-state index in [0.717, 1.165) is 39.4 Å². The molecule has 0 aliphatic carbocycles. The van der Waals surface area contributed by atoms with Crippen molar-refractivity contribution in [2.24, 2.45) is 0 Å². The summed E-state index contributed by atoms with van der Waals surface area (Å²) in [5.74, 6) is 0.809. The normalized spacial score (nSPS) is 10.8. The van der Waals surface area contributed by atoms with Crippen molar-refractivity contribution in [1.29, 1.82) is 0 Å². The summed E-state index contributed by atoms with van der Waals surface area (Å²) in [4.78, 5) is 4.48. The van der Waals surface area contributed by atoms with Crippen molar-refractivity contribution in [1.82, 2.24) is 13.7 Å². The van der Waals surface area contributed by atoms with Gasteiger partial charge in [0.25, 0.3) is 0 Å². The van der Waals surface area contributed by atoms with Crippen LogP contribution in [0.25, 0.3) is 11.0 Å². The van der Waals surface area contributed by atoms with Crippen LogP contribution < -0.4 is 10.1 Å². The number of hydrogen-bond donors (Lipinski definition) is 1. The van der Waals surface area contributed by atoms with Crippen LogP contribution in [0.15, 0.2) is 24.3 Å². The van der Waals surface area contributed by atoms with Gasteiger partial charge in [0.2, 0.25) is 0 Å². The van der Waals surface area contributed by atoms with Crippen LogP contribution in [0.5, 0.6) is 5.75 Å². The highest BCUT2D eigenvalue weighted by Crippen LogP contribution is 2.28. The van der Waals surface area contributed by atoms with Gasteiger partial charge in [0.15, 0.2) is 0 Å². The minimum Gasteiger partial charge on any atom is -0.494 e. The quantitative estimate of drug-likeness (QED) is 0.801. The van der Waals surface area contributed by atoms with Crippen molar-refractivity contribution in [3.8, 4) is 5.75 Å². The van der Waals surface area contributed by atoms with Crippen molar-refractivity contribution in [2.75, 3.05) is 12.4 Å². The van der Waals surface area contributed by atoms with Gasteiger partial charge in [0.05, 0.1) is 30.2 Å². The standard InChI is InChI=1S/C15H16N4OS/c1-9-7-13(20-3)14(10(2)17-9)16-8-11-5-4-6-12-15(11)19-21-18-12/h4-7,16H,8H2,1-3H3. The molecule has 108 valence electrons. The summed E-state index contributed by atoms with van der Waals surface area (Å²) in [6.45, 7) is 4.59. The second-order valence-electron chi connectivity index (χ2n) is 4.83. The van der Waals surface area contributed by atoms with E-state index in [2.05, 4.69) is 25.1 Å². The molecule has 0 saturated heterocycles. The second kappa shape index (κ2) is 5.65. The van der Waals surface area contributed by atoms with E-state index in [-0.39, 0.29) is 0 Å². The molecule has 2 heterocycles. The van der Waals surface area contributed by atoms with E-state index in [1.54, 1.807) is 7.11 Å². The first-order valence-electron chi connectivity index (χ1n) is 6.65. The predicted molar refractivity (Wildman–Crippen MR) is 85.0 cm³/mol. The number of ether oxygens (including phenoxy) is 1. The van der Waals surface area contributed by atoms with Gasteiger partial charge in [0.1, 0.15) is 16.8 Å². The van der Waals surface area contributed by atoms with E-state index in [0.29, 0.717) is 6.54 Å². The fourth-order valence-electron chi connectivity index (χ4n) is 2.36. The summed E-state index contributed by atoms with van der Waals surface area (Å²) in [5, 5.41) is 3.41. The summed E-state index contributed by atoms with van der Waals surface area (Å²) in [6, 6.07) is 7.96. The predicted octanol–water partition coefficient (Wildman–Crippen LogP) is 3.32. The fourth-order valence-corrected chi connectivity index (χ4v) is 2.93. The third kappa shape index (κ3) is 2.67. The van der Waals surface area contributed by atoms with Crippen molar-refractivity contribution >= 4 is 28.4 Å². The molecule has 3 aromatic rings. The molecule has 0 spiro atoms. The lowest BCUT2D eigenvalue weighted by Crippen LogP contribution is -2.05. The molecule has 1 N–H and O–H groups in total. The van der Waals surface area contributed by atoms with E-state index < -0.39 is 0 Å². The maximum atomic E-state index is 5.44. The van der Waals surface area contributed by atoms with Crippen LogP contribution in [0.2, 0.25) is 0 Å². The summed E-state index contributed by atoms with van der Waals surface area (Å²) in [5.41, 5.74) is 5.79. The number of methoxy groups -OCH3 is 1. The smallest absolute Gasteiger partial charge is 0.145 e. The Morgan fingerprint density at radius 1 is 1.24 bits per heavy atom. The molecule has 21 heavy (non-hydrogen) atoms. The zero-order valence-corrected chi connectivity index (χ0v) is 13.0. The Balaban J connectivity index is 1.90. The van der Waals surface area contributed by atoms with Crippen LogP contribution in [-0.4, -0.2) is 20.8 Å². The number of hydrogen-bond acceptors (Lipinski definition) is 6. The molecular formula is C15H16N4OS. The third-order valence-corrected chi connectivity index (χ3v) is 3.88. The molecule has 0 amide bonds. The highest BCUT2D eigenvalue weighted by atomic mass is 32.1. The molecule has 0 fully saturated rings. The number of aryl methyl sites for hydroxylation is 2. The SMILES string of the molecule is COc1cc(C)nc(C)c1NCc1cccc2nsnc12. The lowest BCUT2D eigenvalue weighted by atomic mass is 10.1. The van der Waals surface area contributed by atoms with Gasteiger partial charge in [-0.3, -0.25) is 4.98 Å². The first-order chi connectivity index (χ1) is 10.2. The average molecular weight is 300 g/mol. The summed E-state index contributed by atoms with van der Waals surface area (Å²) in [7, 11) is 1.67.